The molecule has 3 aliphatic rings. The van der Waals surface area contributed by atoms with Crippen LogP contribution in [0.25, 0.3) is 0 Å². The van der Waals surface area contributed by atoms with Gasteiger partial charge in [0.1, 0.15) is 5.76 Å². The minimum absolute atomic E-state index is 0.0135. The van der Waals surface area contributed by atoms with Crippen LogP contribution in [0, 0.1) is 5.41 Å². The fraction of sp³-hybridized carbons (Fsp3) is 0.600. The maximum Gasteiger partial charge on any atom is 0.276 e. The number of amides is 1. The van der Waals surface area contributed by atoms with Crippen molar-refractivity contribution in [3.63, 3.8) is 0 Å². The summed E-state index contributed by atoms with van der Waals surface area (Å²) in [7, 11) is 0. The van der Waals surface area contributed by atoms with Gasteiger partial charge in [-0.25, -0.2) is 9.97 Å². The lowest BCUT2D eigenvalue weighted by atomic mass is 9.72. The van der Waals surface area contributed by atoms with Crippen molar-refractivity contribution >= 4 is 11.9 Å². The van der Waals surface area contributed by atoms with Gasteiger partial charge in [0.15, 0.2) is 5.69 Å². The molecular formula is C20H25N5O2. The van der Waals surface area contributed by atoms with Gasteiger partial charge in [-0.2, -0.15) is 0 Å². The molecule has 0 atom stereocenters. The first-order valence-electron chi connectivity index (χ1n) is 10.0. The number of anilines is 1. The Morgan fingerprint density at radius 2 is 1.89 bits per heavy atom. The Kier molecular flexibility index (Phi) is 4.10. The topological polar surface area (TPSA) is 75.4 Å². The van der Waals surface area contributed by atoms with Crippen molar-refractivity contribution in [2.75, 3.05) is 31.1 Å². The molecular weight excluding hydrogens is 342 g/mol. The normalized spacial score (nSPS) is 22.2. The molecule has 7 nitrogen and oxygen atoms in total. The number of nitrogens with zero attached hydrogens (tertiary/aromatic N) is 5. The van der Waals surface area contributed by atoms with Crippen LogP contribution in [-0.4, -0.2) is 52.1 Å². The highest BCUT2D eigenvalue weighted by molar-refractivity contribution is 5.92. The van der Waals surface area contributed by atoms with E-state index < -0.39 is 0 Å². The van der Waals surface area contributed by atoms with E-state index in [9.17, 15) is 4.79 Å². The SMILES string of the molecule is O=C(c1cc(C2CC2)on1)N1CCC2(CCCN(c3ncccn3)C2)CC1. The van der Waals surface area contributed by atoms with Crippen LogP contribution < -0.4 is 4.90 Å². The van der Waals surface area contributed by atoms with E-state index in [2.05, 4.69) is 20.0 Å². The largest absolute Gasteiger partial charge is 0.360 e. The van der Waals surface area contributed by atoms with Crippen LogP contribution in [0.15, 0.2) is 29.0 Å². The summed E-state index contributed by atoms with van der Waals surface area (Å²) in [6.07, 6.45) is 10.3. The van der Waals surface area contributed by atoms with Gasteiger partial charge in [0.2, 0.25) is 5.95 Å². The molecule has 0 N–H and O–H groups in total. The van der Waals surface area contributed by atoms with E-state index in [1.807, 2.05) is 17.0 Å². The van der Waals surface area contributed by atoms with Crippen molar-refractivity contribution in [3.05, 3.63) is 36.0 Å². The van der Waals surface area contributed by atoms with Crippen molar-refractivity contribution < 1.29 is 9.32 Å². The van der Waals surface area contributed by atoms with E-state index in [0.29, 0.717) is 11.6 Å². The van der Waals surface area contributed by atoms with Gasteiger partial charge >= 0.3 is 0 Å². The Hall–Kier alpha value is -2.44. The Bertz CT molecular complexity index is 809. The molecule has 3 fully saturated rings. The molecule has 0 radical (unpaired) electrons. The van der Waals surface area contributed by atoms with Gasteiger partial charge in [0.25, 0.3) is 5.91 Å². The monoisotopic (exact) mass is 367 g/mol. The third-order valence-electron chi connectivity index (χ3n) is 6.33. The zero-order valence-electron chi connectivity index (χ0n) is 15.5. The molecule has 0 aromatic carbocycles. The Balaban J connectivity index is 1.23. The predicted molar refractivity (Wildman–Crippen MR) is 99.5 cm³/mol. The molecule has 2 aliphatic heterocycles. The number of aromatic nitrogens is 3. The highest BCUT2D eigenvalue weighted by Gasteiger charge is 2.40. The Morgan fingerprint density at radius 1 is 1.11 bits per heavy atom. The number of hydrogen-bond acceptors (Lipinski definition) is 6. The minimum Gasteiger partial charge on any atom is -0.360 e. The summed E-state index contributed by atoms with van der Waals surface area (Å²) >= 11 is 0. The summed E-state index contributed by atoms with van der Waals surface area (Å²) < 4.78 is 5.36. The van der Waals surface area contributed by atoms with Crippen molar-refractivity contribution in [1.29, 1.82) is 0 Å². The maximum atomic E-state index is 12.8. The summed E-state index contributed by atoms with van der Waals surface area (Å²) in [5.74, 6) is 2.19. The molecule has 1 amide bonds. The molecule has 2 aromatic heterocycles. The second kappa shape index (κ2) is 6.62. The lowest BCUT2D eigenvalue weighted by Gasteiger charge is -2.47. The fourth-order valence-electron chi connectivity index (χ4n) is 4.54. The zero-order valence-corrected chi connectivity index (χ0v) is 15.5. The third-order valence-corrected chi connectivity index (χ3v) is 6.33. The van der Waals surface area contributed by atoms with Crippen LogP contribution in [0.5, 0.6) is 0 Å². The third kappa shape index (κ3) is 3.31. The second-order valence-electron chi connectivity index (χ2n) is 8.25. The summed E-state index contributed by atoms with van der Waals surface area (Å²) in [5, 5.41) is 4.02. The number of likely N-dealkylation sites (tertiary alicyclic amines) is 1. The zero-order chi connectivity index (χ0) is 18.3. The van der Waals surface area contributed by atoms with Gasteiger partial charge in [-0.3, -0.25) is 4.79 Å². The van der Waals surface area contributed by atoms with Crippen LogP contribution >= 0.6 is 0 Å². The minimum atomic E-state index is 0.0135. The number of piperidine rings is 2. The number of hydrogen-bond donors (Lipinski definition) is 0. The highest BCUT2D eigenvalue weighted by Crippen LogP contribution is 2.42. The quantitative estimate of drug-likeness (QED) is 0.830. The lowest BCUT2D eigenvalue weighted by Crippen LogP contribution is -2.51. The molecule has 2 aromatic rings. The van der Waals surface area contributed by atoms with E-state index in [1.54, 1.807) is 12.4 Å². The Labute approximate surface area is 158 Å². The van der Waals surface area contributed by atoms with E-state index in [-0.39, 0.29) is 11.3 Å². The van der Waals surface area contributed by atoms with Gasteiger partial charge in [-0.15, -0.1) is 0 Å². The van der Waals surface area contributed by atoms with Gasteiger partial charge in [-0.1, -0.05) is 5.16 Å². The van der Waals surface area contributed by atoms with Crippen LogP contribution in [0.2, 0.25) is 0 Å². The number of carbonyl (C=O) groups is 1. The van der Waals surface area contributed by atoms with E-state index in [1.165, 1.54) is 6.42 Å². The first-order valence-corrected chi connectivity index (χ1v) is 10.0. The summed E-state index contributed by atoms with van der Waals surface area (Å²) in [4.78, 5) is 25.9. The smallest absolute Gasteiger partial charge is 0.276 e. The van der Waals surface area contributed by atoms with Gasteiger partial charge in [-0.05, 0) is 50.0 Å². The average molecular weight is 367 g/mol. The molecule has 4 heterocycles. The van der Waals surface area contributed by atoms with Gasteiger partial charge in [0, 0.05) is 50.6 Å². The summed E-state index contributed by atoms with van der Waals surface area (Å²) in [6.45, 7) is 3.56. The van der Waals surface area contributed by atoms with Gasteiger partial charge in [0.05, 0.1) is 0 Å². The van der Waals surface area contributed by atoms with Crippen LogP contribution in [0.4, 0.5) is 5.95 Å². The van der Waals surface area contributed by atoms with Crippen LogP contribution in [-0.2, 0) is 0 Å². The summed E-state index contributed by atoms with van der Waals surface area (Å²) in [6, 6.07) is 3.70. The molecule has 0 unspecified atom stereocenters. The van der Waals surface area contributed by atoms with E-state index >= 15 is 0 Å². The molecule has 2 saturated heterocycles. The molecule has 1 spiro atoms. The van der Waals surface area contributed by atoms with Crippen molar-refractivity contribution in [3.8, 4) is 0 Å². The molecule has 27 heavy (non-hydrogen) atoms. The van der Waals surface area contributed by atoms with Gasteiger partial charge < -0.3 is 14.3 Å². The number of carbonyl (C=O) groups excluding carboxylic acids is 1. The highest BCUT2D eigenvalue weighted by atomic mass is 16.5. The molecule has 142 valence electrons. The van der Waals surface area contributed by atoms with E-state index in [0.717, 1.165) is 70.0 Å². The van der Waals surface area contributed by atoms with Crippen LogP contribution in [0.3, 0.4) is 0 Å². The van der Waals surface area contributed by atoms with Crippen LogP contribution in [0.1, 0.15) is 60.7 Å². The number of rotatable bonds is 3. The maximum absolute atomic E-state index is 12.8. The lowest BCUT2D eigenvalue weighted by molar-refractivity contribution is 0.0530. The van der Waals surface area contributed by atoms with Crippen molar-refractivity contribution in [2.45, 2.75) is 44.4 Å². The first-order chi connectivity index (χ1) is 13.2. The van der Waals surface area contributed by atoms with E-state index in [4.69, 9.17) is 4.52 Å². The summed E-state index contributed by atoms with van der Waals surface area (Å²) in [5.41, 5.74) is 0.729. The molecule has 0 bridgehead atoms. The molecule has 1 saturated carbocycles. The first kappa shape index (κ1) is 16.7. The fourth-order valence-corrected chi connectivity index (χ4v) is 4.54. The van der Waals surface area contributed by atoms with Crippen molar-refractivity contribution in [2.24, 2.45) is 5.41 Å². The Morgan fingerprint density at radius 3 is 2.63 bits per heavy atom. The molecule has 5 rings (SSSR count). The molecule has 7 heteroatoms. The predicted octanol–water partition coefficient (Wildman–Crippen LogP) is 2.86. The average Bonchev–Trinajstić information content (AvgIpc) is 3.46. The second-order valence-corrected chi connectivity index (χ2v) is 8.25. The standard InChI is InChI=1S/C20H25N5O2/c26-18(16-13-17(27-23-16)15-3-4-15)24-11-6-20(7-12-24)5-1-10-25(14-20)19-21-8-2-9-22-19/h2,8-9,13,15H,1,3-7,10-12,14H2. The molecule has 1 aliphatic carbocycles. The van der Waals surface area contributed by atoms with Crippen molar-refractivity contribution in [1.82, 2.24) is 20.0 Å².